The average molecular weight is 240 g/mol. The standard InChI is InChI=1S/C13H24N2O2/c1-9-6-7-14-11(8-9)13(17)15-10-4-2-3-5-12(10)16/h9-12,14,16H,2-8H2,1H3,(H,15,17)/t9?,10-,11?,12-/m1/s1. The van der Waals surface area contributed by atoms with E-state index in [9.17, 15) is 9.90 Å². The minimum atomic E-state index is -0.353. The van der Waals surface area contributed by atoms with Gasteiger partial charge in [0.15, 0.2) is 0 Å². The van der Waals surface area contributed by atoms with Crippen molar-refractivity contribution in [3.05, 3.63) is 0 Å². The lowest BCUT2D eigenvalue weighted by Crippen LogP contribution is -2.54. The molecule has 1 aliphatic heterocycles. The summed E-state index contributed by atoms with van der Waals surface area (Å²) >= 11 is 0. The summed E-state index contributed by atoms with van der Waals surface area (Å²) in [6, 6.07) is -0.0943. The van der Waals surface area contributed by atoms with Crippen LogP contribution in [0.25, 0.3) is 0 Å². The molecule has 0 aromatic heterocycles. The van der Waals surface area contributed by atoms with Crippen molar-refractivity contribution in [1.82, 2.24) is 10.6 Å². The lowest BCUT2D eigenvalue weighted by atomic mass is 9.91. The third-order valence-electron chi connectivity index (χ3n) is 4.04. The second-order valence-electron chi connectivity index (χ2n) is 5.60. The summed E-state index contributed by atoms with van der Waals surface area (Å²) in [4.78, 5) is 12.1. The molecule has 2 aliphatic rings. The molecule has 4 nitrogen and oxygen atoms in total. The maximum atomic E-state index is 12.1. The van der Waals surface area contributed by atoms with Crippen LogP contribution in [0.3, 0.4) is 0 Å². The Hall–Kier alpha value is -0.610. The molecule has 0 radical (unpaired) electrons. The minimum Gasteiger partial charge on any atom is -0.391 e. The van der Waals surface area contributed by atoms with Gasteiger partial charge in [0.2, 0.25) is 5.91 Å². The number of hydrogen-bond acceptors (Lipinski definition) is 3. The van der Waals surface area contributed by atoms with Crippen molar-refractivity contribution < 1.29 is 9.90 Å². The summed E-state index contributed by atoms with van der Waals surface area (Å²) in [5.74, 6) is 0.686. The van der Waals surface area contributed by atoms with Crippen LogP contribution in [0.4, 0.5) is 0 Å². The lowest BCUT2D eigenvalue weighted by Gasteiger charge is -2.32. The van der Waals surface area contributed by atoms with Gasteiger partial charge < -0.3 is 15.7 Å². The molecule has 0 aromatic carbocycles. The van der Waals surface area contributed by atoms with Crippen LogP contribution in [0.2, 0.25) is 0 Å². The fourth-order valence-electron chi connectivity index (χ4n) is 2.87. The zero-order valence-electron chi connectivity index (χ0n) is 10.6. The Morgan fingerprint density at radius 1 is 1.29 bits per heavy atom. The predicted octanol–water partition coefficient (Wildman–Crippen LogP) is 0.794. The Morgan fingerprint density at radius 3 is 2.76 bits per heavy atom. The molecule has 98 valence electrons. The average Bonchev–Trinajstić information content (AvgIpc) is 2.32. The topological polar surface area (TPSA) is 61.4 Å². The Balaban J connectivity index is 1.83. The van der Waals surface area contributed by atoms with Gasteiger partial charge in [0.05, 0.1) is 18.2 Å². The molecule has 1 amide bonds. The molecule has 3 N–H and O–H groups in total. The van der Waals surface area contributed by atoms with E-state index in [0.29, 0.717) is 5.92 Å². The number of carbonyl (C=O) groups is 1. The van der Waals surface area contributed by atoms with E-state index in [0.717, 1.165) is 45.1 Å². The first kappa shape index (κ1) is 12.8. The molecule has 2 unspecified atom stereocenters. The van der Waals surface area contributed by atoms with Crippen LogP contribution >= 0.6 is 0 Å². The zero-order chi connectivity index (χ0) is 12.3. The monoisotopic (exact) mass is 240 g/mol. The lowest BCUT2D eigenvalue weighted by molar-refractivity contribution is -0.126. The van der Waals surface area contributed by atoms with Gasteiger partial charge in [-0.1, -0.05) is 19.8 Å². The van der Waals surface area contributed by atoms with E-state index in [4.69, 9.17) is 0 Å². The highest BCUT2D eigenvalue weighted by Crippen LogP contribution is 2.20. The number of carbonyl (C=O) groups excluding carboxylic acids is 1. The van der Waals surface area contributed by atoms with Gasteiger partial charge in [-0.15, -0.1) is 0 Å². The van der Waals surface area contributed by atoms with Gasteiger partial charge >= 0.3 is 0 Å². The molecular weight excluding hydrogens is 216 g/mol. The molecular formula is C13H24N2O2. The smallest absolute Gasteiger partial charge is 0.237 e. The van der Waals surface area contributed by atoms with Gasteiger partial charge in [0.25, 0.3) is 0 Å². The zero-order valence-corrected chi connectivity index (χ0v) is 10.6. The molecule has 0 bridgehead atoms. The van der Waals surface area contributed by atoms with Gasteiger partial charge in [-0.05, 0) is 38.1 Å². The van der Waals surface area contributed by atoms with E-state index < -0.39 is 0 Å². The van der Waals surface area contributed by atoms with E-state index in [1.54, 1.807) is 0 Å². The third kappa shape index (κ3) is 3.42. The number of aliphatic hydroxyl groups excluding tert-OH is 1. The second kappa shape index (κ2) is 5.83. The first-order chi connectivity index (χ1) is 8.16. The Bertz CT molecular complexity index is 270. The first-order valence-electron chi connectivity index (χ1n) is 6.88. The van der Waals surface area contributed by atoms with E-state index in [2.05, 4.69) is 17.6 Å². The summed E-state index contributed by atoms with van der Waals surface area (Å²) in [5, 5.41) is 16.1. The molecule has 1 aliphatic carbocycles. The number of rotatable bonds is 2. The van der Waals surface area contributed by atoms with Crippen molar-refractivity contribution >= 4 is 5.91 Å². The molecule has 0 spiro atoms. The number of amides is 1. The van der Waals surface area contributed by atoms with Gasteiger partial charge in [-0.3, -0.25) is 4.79 Å². The number of hydrogen-bond donors (Lipinski definition) is 3. The summed E-state index contributed by atoms with van der Waals surface area (Å²) in [7, 11) is 0. The maximum Gasteiger partial charge on any atom is 0.237 e. The minimum absolute atomic E-state index is 0.0321. The Morgan fingerprint density at radius 2 is 2.06 bits per heavy atom. The SMILES string of the molecule is CC1CCNC(C(=O)N[C@@H]2CCCC[C@H]2O)C1. The second-order valence-corrected chi connectivity index (χ2v) is 5.60. The number of piperidine rings is 1. The van der Waals surface area contributed by atoms with Gasteiger partial charge in [-0.2, -0.15) is 0 Å². The first-order valence-corrected chi connectivity index (χ1v) is 6.88. The molecule has 2 rings (SSSR count). The summed E-state index contributed by atoms with van der Waals surface area (Å²) in [6.45, 7) is 3.11. The normalized spacial score (nSPS) is 38.7. The molecule has 1 heterocycles. The Kier molecular flexibility index (Phi) is 4.40. The van der Waals surface area contributed by atoms with Crippen molar-refractivity contribution in [2.75, 3.05) is 6.54 Å². The summed E-state index contributed by atoms with van der Waals surface area (Å²) in [6.07, 6.45) is 5.62. The molecule has 0 aromatic rings. The van der Waals surface area contributed by atoms with Gasteiger partial charge in [0, 0.05) is 0 Å². The molecule has 1 saturated carbocycles. The van der Waals surface area contributed by atoms with E-state index in [1.807, 2.05) is 0 Å². The fourth-order valence-corrected chi connectivity index (χ4v) is 2.87. The fraction of sp³-hybridized carbons (Fsp3) is 0.923. The van der Waals surface area contributed by atoms with Crippen LogP contribution in [0.15, 0.2) is 0 Å². The van der Waals surface area contributed by atoms with E-state index in [1.165, 1.54) is 0 Å². The van der Waals surface area contributed by atoms with Gasteiger partial charge in [0.1, 0.15) is 0 Å². The van der Waals surface area contributed by atoms with Crippen LogP contribution in [0, 0.1) is 5.92 Å². The van der Waals surface area contributed by atoms with Crippen LogP contribution < -0.4 is 10.6 Å². The van der Waals surface area contributed by atoms with E-state index in [-0.39, 0.29) is 24.1 Å². The maximum absolute atomic E-state index is 12.1. The third-order valence-corrected chi connectivity index (χ3v) is 4.04. The van der Waals surface area contributed by atoms with Crippen molar-refractivity contribution in [3.8, 4) is 0 Å². The highest BCUT2D eigenvalue weighted by Gasteiger charge is 2.29. The largest absolute Gasteiger partial charge is 0.391 e. The van der Waals surface area contributed by atoms with Crippen molar-refractivity contribution in [2.24, 2.45) is 5.92 Å². The molecule has 17 heavy (non-hydrogen) atoms. The molecule has 4 atom stereocenters. The van der Waals surface area contributed by atoms with Crippen molar-refractivity contribution in [3.63, 3.8) is 0 Å². The number of nitrogens with one attached hydrogen (secondary N) is 2. The molecule has 2 fully saturated rings. The van der Waals surface area contributed by atoms with E-state index >= 15 is 0 Å². The summed E-state index contributed by atoms with van der Waals surface area (Å²) < 4.78 is 0. The highest BCUT2D eigenvalue weighted by atomic mass is 16.3. The van der Waals surface area contributed by atoms with Crippen molar-refractivity contribution in [2.45, 2.75) is 63.6 Å². The van der Waals surface area contributed by atoms with Crippen molar-refractivity contribution in [1.29, 1.82) is 0 Å². The summed E-state index contributed by atoms with van der Waals surface area (Å²) in [5.41, 5.74) is 0. The van der Waals surface area contributed by atoms with Crippen LogP contribution in [-0.2, 0) is 4.79 Å². The predicted molar refractivity (Wildman–Crippen MR) is 66.6 cm³/mol. The van der Waals surface area contributed by atoms with Crippen LogP contribution in [0.1, 0.15) is 45.4 Å². The molecule has 4 heteroatoms. The highest BCUT2D eigenvalue weighted by molar-refractivity contribution is 5.82. The Labute approximate surface area is 103 Å². The van der Waals surface area contributed by atoms with Crippen LogP contribution in [-0.4, -0.2) is 35.7 Å². The van der Waals surface area contributed by atoms with Crippen LogP contribution in [0.5, 0.6) is 0 Å². The quantitative estimate of drug-likeness (QED) is 0.669. The molecule has 1 saturated heterocycles. The number of aliphatic hydroxyl groups is 1. The van der Waals surface area contributed by atoms with Gasteiger partial charge in [-0.25, -0.2) is 0 Å².